The molecule has 2 aliphatic rings. The molecule has 2 aliphatic carbocycles. The Bertz CT molecular complexity index is 594. The van der Waals surface area contributed by atoms with E-state index in [1.54, 1.807) is 0 Å². The molecule has 5 nitrogen and oxygen atoms in total. The summed E-state index contributed by atoms with van der Waals surface area (Å²) in [5.74, 6) is -0.287. The molecule has 18 heavy (non-hydrogen) atoms. The fourth-order valence-corrected chi connectivity index (χ4v) is 2.32. The van der Waals surface area contributed by atoms with Gasteiger partial charge >= 0.3 is 0 Å². The zero-order chi connectivity index (χ0) is 15.3. The fourth-order valence-electron chi connectivity index (χ4n) is 2.32. The van der Waals surface area contributed by atoms with Gasteiger partial charge in [-0.05, 0) is 36.8 Å². The van der Waals surface area contributed by atoms with Crippen molar-refractivity contribution < 1.29 is 13.7 Å². The SMILES string of the molecule is [2H]C([2H])([2H])NC(=O)c1ccc(NC(=O)C2CC23CC3)nc1. The van der Waals surface area contributed by atoms with Crippen LogP contribution in [0.1, 0.15) is 33.7 Å². The number of pyridine rings is 1. The van der Waals surface area contributed by atoms with E-state index in [4.69, 9.17) is 4.11 Å². The molecule has 0 aliphatic heterocycles. The zero-order valence-electron chi connectivity index (χ0n) is 12.7. The Morgan fingerprint density at radius 1 is 1.50 bits per heavy atom. The van der Waals surface area contributed by atoms with Crippen LogP contribution < -0.4 is 10.6 Å². The quantitative estimate of drug-likeness (QED) is 0.843. The molecule has 1 aromatic heterocycles. The van der Waals surface area contributed by atoms with E-state index in [-0.39, 0.29) is 22.8 Å². The molecule has 1 unspecified atom stereocenters. The summed E-state index contributed by atoms with van der Waals surface area (Å²) < 4.78 is 20.9. The Labute approximate surface area is 109 Å². The van der Waals surface area contributed by atoms with Gasteiger partial charge in [-0.15, -0.1) is 0 Å². The molecule has 0 bridgehead atoms. The van der Waals surface area contributed by atoms with Gasteiger partial charge in [-0.3, -0.25) is 9.59 Å². The maximum absolute atomic E-state index is 11.9. The standard InChI is InChI=1S/C13H15N3O2/c1-14-11(17)8-2-3-10(15-7-8)16-12(18)9-6-13(9)4-5-13/h2-3,7,9H,4-6H2,1H3,(H,14,17)(H,15,16,18)/i1D3. The zero-order valence-corrected chi connectivity index (χ0v) is 9.69. The van der Waals surface area contributed by atoms with Gasteiger partial charge in [0, 0.05) is 23.2 Å². The fraction of sp³-hybridized carbons (Fsp3) is 0.462. The second-order valence-electron chi connectivity index (χ2n) is 4.99. The number of anilines is 1. The molecule has 2 amide bonds. The van der Waals surface area contributed by atoms with Gasteiger partial charge in [0.2, 0.25) is 5.91 Å². The van der Waals surface area contributed by atoms with Crippen LogP contribution in [0.25, 0.3) is 0 Å². The second-order valence-corrected chi connectivity index (χ2v) is 4.99. The molecule has 0 radical (unpaired) electrons. The molecule has 2 saturated carbocycles. The minimum Gasteiger partial charge on any atom is -0.355 e. The van der Waals surface area contributed by atoms with Crippen LogP contribution in [-0.2, 0) is 4.79 Å². The van der Waals surface area contributed by atoms with Gasteiger partial charge in [0.05, 0.1) is 5.56 Å². The number of carbonyl (C=O) groups is 2. The highest BCUT2D eigenvalue weighted by Gasteiger charge is 2.65. The molecule has 1 heterocycles. The Hall–Kier alpha value is -1.91. The van der Waals surface area contributed by atoms with Crippen molar-refractivity contribution in [3.63, 3.8) is 0 Å². The van der Waals surface area contributed by atoms with Gasteiger partial charge in [-0.25, -0.2) is 4.98 Å². The van der Waals surface area contributed by atoms with E-state index >= 15 is 0 Å². The van der Waals surface area contributed by atoms with Crippen molar-refractivity contribution in [3.8, 4) is 0 Å². The van der Waals surface area contributed by atoms with Crippen LogP contribution in [0.3, 0.4) is 0 Å². The number of rotatable bonds is 3. The maximum Gasteiger partial charge on any atom is 0.252 e. The number of carbonyl (C=O) groups excluding carboxylic acids is 2. The number of aromatic nitrogens is 1. The first-order chi connectivity index (χ1) is 9.79. The summed E-state index contributed by atoms with van der Waals surface area (Å²) >= 11 is 0. The Kier molecular flexibility index (Phi) is 1.74. The lowest BCUT2D eigenvalue weighted by molar-refractivity contribution is -0.117. The lowest BCUT2D eigenvalue weighted by Crippen LogP contribution is -2.19. The first-order valence-electron chi connectivity index (χ1n) is 7.39. The highest BCUT2D eigenvalue weighted by molar-refractivity contribution is 5.96. The summed E-state index contributed by atoms with van der Waals surface area (Å²) in [4.78, 5) is 27.5. The summed E-state index contributed by atoms with van der Waals surface area (Å²) in [6.45, 7) is -2.53. The molecule has 1 spiro atoms. The minimum absolute atomic E-state index is 0.0281. The molecule has 94 valence electrons. The molecule has 5 heteroatoms. The van der Waals surface area contributed by atoms with E-state index in [0.29, 0.717) is 5.82 Å². The average molecular weight is 248 g/mol. The topological polar surface area (TPSA) is 71.1 Å². The van der Waals surface area contributed by atoms with Crippen LogP contribution in [0.15, 0.2) is 18.3 Å². The third-order valence-corrected chi connectivity index (χ3v) is 3.79. The number of hydrogen-bond donors (Lipinski definition) is 2. The van der Waals surface area contributed by atoms with Gasteiger partial charge in [0.15, 0.2) is 0 Å². The van der Waals surface area contributed by atoms with Crippen LogP contribution in [0.2, 0.25) is 0 Å². The van der Waals surface area contributed by atoms with E-state index in [0.717, 1.165) is 19.3 Å². The lowest BCUT2D eigenvalue weighted by atomic mass is 10.2. The van der Waals surface area contributed by atoms with Crippen LogP contribution in [-0.4, -0.2) is 23.8 Å². The van der Waals surface area contributed by atoms with Crippen LogP contribution in [0, 0.1) is 11.3 Å². The van der Waals surface area contributed by atoms with Gasteiger partial charge in [-0.1, -0.05) is 0 Å². The van der Waals surface area contributed by atoms with Crippen LogP contribution >= 0.6 is 0 Å². The third-order valence-electron chi connectivity index (χ3n) is 3.79. The lowest BCUT2D eigenvalue weighted by Gasteiger charge is -2.04. The molecule has 1 atom stereocenters. The van der Waals surface area contributed by atoms with Crippen molar-refractivity contribution in [2.24, 2.45) is 11.3 Å². The first-order valence-corrected chi connectivity index (χ1v) is 5.89. The molecule has 3 rings (SSSR count). The van der Waals surface area contributed by atoms with E-state index < -0.39 is 12.9 Å². The predicted octanol–water partition coefficient (Wildman–Crippen LogP) is 1.18. The summed E-state index contributed by atoms with van der Waals surface area (Å²) in [7, 11) is 0. The van der Waals surface area contributed by atoms with Crippen molar-refractivity contribution in [3.05, 3.63) is 23.9 Å². The first kappa shape index (κ1) is 8.24. The summed E-state index contributed by atoms with van der Waals surface area (Å²) in [6, 6.07) is 2.93. The number of nitrogens with zero attached hydrogens (tertiary/aromatic N) is 1. The van der Waals surface area contributed by atoms with Crippen molar-refractivity contribution >= 4 is 17.6 Å². The Balaban J connectivity index is 1.59. The normalized spacial score (nSPS) is 25.6. The van der Waals surface area contributed by atoms with Gasteiger partial charge in [0.1, 0.15) is 5.82 Å². The summed E-state index contributed by atoms with van der Waals surface area (Å²) in [5, 5.41) is 4.60. The molecule has 1 aromatic rings. The van der Waals surface area contributed by atoms with Crippen LogP contribution in [0.4, 0.5) is 5.82 Å². The highest BCUT2D eigenvalue weighted by atomic mass is 16.2. The average Bonchev–Trinajstić information content (AvgIpc) is 3.29. The largest absolute Gasteiger partial charge is 0.355 e. The summed E-state index contributed by atoms with van der Waals surface area (Å²) in [5.41, 5.74) is 0.415. The van der Waals surface area contributed by atoms with E-state index in [9.17, 15) is 9.59 Å². The van der Waals surface area contributed by atoms with Gasteiger partial charge in [-0.2, -0.15) is 0 Å². The molecular formula is C13H15N3O2. The van der Waals surface area contributed by atoms with E-state index in [1.807, 2.05) is 5.32 Å². The third kappa shape index (κ3) is 1.85. The molecule has 2 fully saturated rings. The van der Waals surface area contributed by atoms with E-state index in [2.05, 4.69) is 10.3 Å². The molecule has 2 N–H and O–H groups in total. The number of hydrogen-bond acceptors (Lipinski definition) is 3. The predicted molar refractivity (Wildman–Crippen MR) is 66.0 cm³/mol. The van der Waals surface area contributed by atoms with Gasteiger partial charge < -0.3 is 10.6 Å². The van der Waals surface area contributed by atoms with Crippen molar-refractivity contribution in [1.82, 2.24) is 10.3 Å². The second kappa shape index (κ2) is 3.80. The van der Waals surface area contributed by atoms with Crippen molar-refractivity contribution in [1.29, 1.82) is 0 Å². The van der Waals surface area contributed by atoms with E-state index in [1.165, 1.54) is 18.3 Å². The monoisotopic (exact) mass is 248 g/mol. The number of nitrogens with one attached hydrogen (secondary N) is 2. The van der Waals surface area contributed by atoms with Crippen molar-refractivity contribution in [2.45, 2.75) is 19.3 Å². The summed E-state index contributed by atoms with van der Waals surface area (Å²) in [6.07, 6.45) is 4.47. The molecule has 0 saturated heterocycles. The smallest absolute Gasteiger partial charge is 0.252 e. The Morgan fingerprint density at radius 2 is 2.33 bits per heavy atom. The molecular weight excluding hydrogens is 230 g/mol. The Morgan fingerprint density at radius 3 is 2.89 bits per heavy atom. The van der Waals surface area contributed by atoms with Crippen LogP contribution in [0.5, 0.6) is 0 Å². The minimum atomic E-state index is -2.53. The highest BCUT2D eigenvalue weighted by Crippen LogP contribution is 2.70. The van der Waals surface area contributed by atoms with Crippen molar-refractivity contribution in [2.75, 3.05) is 12.3 Å². The molecule has 0 aromatic carbocycles. The number of amides is 2. The maximum atomic E-state index is 11.9. The van der Waals surface area contributed by atoms with Gasteiger partial charge in [0.25, 0.3) is 5.91 Å².